The van der Waals surface area contributed by atoms with Gasteiger partial charge in [-0.1, -0.05) is 12.1 Å². The van der Waals surface area contributed by atoms with Crippen molar-refractivity contribution in [2.75, 3.05) is 18.6 Å². The lowest BCUT2D eigenvalue weighted by atomic mass is 10.0. The number of benzene rings is 1. The van der Waals surface area contributed by atoms with Gasteiger partial charge >= 0.3 is 0 Å². The number of H-pyrrole nitrogens is 1. The molecule has 1 saturated heterocycles. The van der Waals surface area contributed by atoms with Gasteiger partial charge in [-0.15, -0.1) is 0 Å². The number of hydrogen-bond donors (Lipinski definition) is 1. The highest BCUT2D eigenvalue weighted by molar-refractivity contribution is 5.86. The Morgan fingerprint density at radius 2 is 2.09 bits per heavy atom. The maximum Gasteiger partial charge on any atom is 0.160 e. The van der Waals surface area contributed by atoms with E-state index in [1.165, 1.54) is 5.56 Å². The first-order valence-electron chi connectivity index (χ1n) is 7.41. The van der Waals surface area contributed by atoms with Crippen molar-refractivity contribution >= 4 is 16.9 Å². The Balaban J connectivity index is 1.72. The van der Waals surface area contributed by atoms with Gasteiger partial charge in [-0.25, -0.2) is 9.97 Å². The zero-order valence-corrected chi connectivity index (χ0v) is 12.4. The molecule has 0 aliphatic carbocycles. The topological polar surface area (TPSA) is 66.9 Å². The van der Waals surface area contributed by atoms with E-state index in [1.807, 2.05) is 12.1 Å². The molecule has 1 aliphatic heterocycles. The van der Waals surface area contributed by atoms with Crippen LogP contribution in [0.1, 0.15) is 24.4 Å². The van der Waals surface area contributed by atoms with E-state index < -0.39 is 0 Å². The van der Waals surface area contributed by atoms with E-state index in [9.17, 15) is 0 Å². The molecular formula is C16H17N5O. The van der Waals surface area contributed by atoms with Gasteiger partial charge in [-0.2, -0.15) is 5.10 Å². The quantitative estimate of drug-likeness (QED) is 0.804. The second-order valence-electron chi connectivity index (χ2n) is 5.45. The second-order valence-corrected chi connectivity index (χ2v) is 5.45. The third kappa shape index (κ3) is 2.07. The summed E-state index contributed by atoms with van der Waals surface area (Å²) in [6.07, 6.45) is 5.67. The van der Waals surface area contributed by atoms with Crippen molar-refractivity contribution in [2.24, 2.45) is 0 Å². The predicted octanol–water partition coefficient (Wildman–Crippen LogP) is 2.70. The van der Waals surface area contributed by atoms with Crippen LogP contribution < -0.4 is 9.64 Å². The Hall–Kier alpha value is -2.63. The Morgan fingerprint density at radius 1 is 1.23 bits per heavy atom. The predicted molar refractivity (Wildman–Crippen MR) is 84.0 cm³/mol. The molecule has 22 heavy (non-hydrogen) atoms. The molecule has 0 bridgehead atoms. The number of nitrogens with zero attached hydrogens (tertiary/aromatic N) is 4. The molecule has 1 fully saturated rings. The molecular weight excluding hydrogens is 278 g/mol. The monoisotopic (exact) mass is 295 g/mol. The normalized spacial score (nSPS) is 18.0. The lowest BCUT2D eigenvalue weighted by Crippen LogP contribution is -2.23. The van der Waals surface area contributed by atoms with Crippen LogP contribution in [0.2, 0.25) is 0 Å². The molecule has 1 N–H and O–H groups in total. The van der Waals surface area contributed by atoms with Crippen molar-refractivity contribution < 1.29 is 4.74 Å². The van der Waals surface area contributed by atoms with Gasteiger partial charge in [0.15, 0.2) is 5.65 Å². The number of rotatable bonds is 3. The first-order valence-corrected chi connectivity index (χ1v) is 7.41. The smallest absolute Gasteiger partial charge is 0.160 e. The minimum Gasteiger partial charge on any atom is -0.497 e. The van der Waals surface area contributed by atoms with E-state index in [1.54, 1.807) is 19.6 Å². The maximum atomic E-state index is 5.24. The Morgan fingerprint density at radius 3 is 2.91 bits per heavy atom. The van der Waals surface area contributed by atoms with Gasteiger partial charge in [0.05, 0.1) is 24.7 Å². The highest BCUT2D eigenvalue weighted by atomic mass is 16.5. The molecule has 1 atom stereocenters. The largest absolute Gasteiger partial charge is 0.497 e. The van der Waals surface area contributed by atoms with E-state index in [0.29, 0.717) is 6.04 Å². The lowest BCUT2D eigenvalue weighted by Gasteiger charge is -2.26. The van der Waals surface area contributed by atoms with Crippen LogP contribution in [0.25, 0.3) is 11.0 Å². The van der Waals surface area contributed by atoms with Crippen LogP contribution >= 0.6 is 0 Å². The number of methoxy groups -OCH3 is 1. The summed E-state index contributed by atoms with van der Waals surface area (Å²) in [5.74, 6) is 1.84. The minimum atomic E-state index is 0.332. The first-order chi connectivity index (χ1) is 10.9. The highest BCUT2D eigenvalue weighted by Crippen LogP contribution is 2.37. The van der Waals surface area contributed by atoms with E-state index in [0.717, 1.165) is 42.0 Å². The zero-order valence-electron chi connectivity index (χ0n) is 12.4. The van der Waals surface area contributed by atoms with Crippen molar-refractivity contribution in [1.29, 1.82) is 0 Å². The van der Waals surface area contributed by atoms with Gasteiger partial charge in [0.1, 0.15) is 17.9 Å². The third-order valence-corrected chi connectivity index (χ3v) is 4.25. The molecule has 0 amide bonds. The molecule has 4 rings (SSSR count). The SMILES string of the molecule is COc1ccc(C2CCCN2c2ncnc3[nH]ncc23)cc1. The third-order valence-electron chi connectivity index (χ3n) is 4.25. The Labute approximate surface area is 128 Å². The summed E-state index contributed by atoms with van der Waals surface area (Å²) in [5.41, 5.74) is 2.07. The summed E-state index contributed by atoms with van der Waals surface area (Å²) in [6, 6.07) is 8.63. The standard InChI is InChI=1S/C16H17N5O/c1-22-12-6-4-11(5-7-12)14-3-2-8-21(14)16-13-9-19-20-15(13)17-10-18-16/h4-7,9-10,14H,2-3,8H2,1H3,(H,17,18,19,20). The molecule has 2 aromatic heterocycles. The summed E-state index contributed by atoms with van der Waals surface area (Å²) in [7, 11) is 1.69. The van der Waals surface area contributed by atoms with E-state index in [-0.39, 0.29) is 0 Å². The number of aromatic amines is 1. The molecule has 0 spiro atoms. The molecule has 3 heterocycles. The Kier molecular flexibility index (Phi) is 3.14. The lowest BCUT2D eigenvalue weighted by molar-refractivity contribution is 0.414. The van der Waals surface area contributed by atoms with Crippen LogP contribution in [0.3, 0.4) is 0 Å². The zero-order chi connectivity index (χ0) is 14.9. The van der Waals surface area contributed by atoms with Gasteiger partial charge in [0.25, 0.3) is 0 Å². The number of anilines is 1. The van der Waals surface area contributed by atoms with E-state index in [2.05, 4.69) is 37.2 Å². The summed E-state index contributed by atoms with van der Waals surface area (Å²) >= 11 is 0. The van der Waals surface area contributed by atoms with E-state index >= 15 is 0 Å². The molecule has 6 heteroatoms. The van der Waals surface area contributed by atoms with Crippen LogP contribution in [-0.2, 0) is 0 Å². The summed E-state index contributed by atoms with van der Waals surface area (Å²) < 4.78 is 5.24. The minimum absolute atomic E-state index is 0.332. The molecule has 112 valence electrons. The van der Waals surface area contributed by atoms with Crippen LogP contribution in [-0.4, -0.2) is 33.8 Å². The summed E-state index contributed by atoms with van der Waals surface area (Å²) in [6.45, 7) is 0.994. The van der Waals surface area contributed by atoms with Crippen LogP contribution in [0.15, 0.2) is 36.8 Å². The van der Waals surface area contributed by atoms with Crippen LogP contribution in [0, 0.1) is 0 Å². The van der Waals surface area contributed by atoms with Gasteiger partial charge in [-0.05, 0) is 30.5 Å². The first kappa shape index (κ1) is 13.1. The molecule has 0 radical (unpaired) electrons. The number of fused-ring (bicyclic) bond motifs is 1. The number of aromatic nitrogens is 4. The number of nitrogens with one attached hydrogen (secondary N) is 1. The van der Waals surface area contributed by atoms with Gasteiger partial charge in [0, 0.05) is 6.54 Å². The average Bonchev–Trinajstić information content (AvgIpc) is 3.23. The summed E-state index contributed by atoms with van der Waals surface area (Å²) in [5, 5.41) is 7.97. The molecule has 1 aliphatic rings. The van der Waals surface area contributed by atoms with Gasteiger partial charge in [-0.3, -0.25) is 5.10 Å². The molecule has 1 unspecified atom stereocenters. The highest BCUT2D eigenvalue weighted by Gasteiger charge is 2.28. The van der Waals surface area contributed by atoms with Crippen molar-refractivity contribution in [3.05, 3.63) is 42.4 Å². The van der Waals surface area contributed by atoms with Crippen molar-refractivity contribution in [3.8, 4) is 5.75 Å². The average molecular weight is 295 g/mol. The van der Waals surface area contributed by atoms with Crippen LogP contribution in [0.4, 0.5) is 5.82 Å². The number of ether oxygens (including phenoxy) is 1. The van der Waals surface area contributed by atoms with Crippen LogP contribution in [0.5, 0.6) is 5.75 Å². The molecule has 1 aromatic carbocycles. The van der Waals surface area contributed by atoms with Crippen molar-refractivity contribution in [2.45, 2.75) is 18.9 Å². The number of hydrogen-bond acceptors (Lipinski definition) is 5. The van der Waals surface area contributed by atoms with Gasteiger partial charge in [0.2, 0.25) is 0 Å². The van der Waals surface area contributed by atoms with Crippen molar-refractivity contribution in [3.63, 3.8) is 0 Å². The molecule has 0 saturated carbocycles. The fourth-order valence-electron chi connectivity index (χ4n) is 3.17. The van der Waals surface area contributed by atoms with E-state index in [4.69, 9.17) is 4.74 Å². The van der Waals surface area contributed by atoms with Gasteiger partial charge < -0.3 is 9.64 Å². The molecule has 6 nitrogen and oxygen atoms in total. The second kappa shape index (κ2) is 5.29. The molecule has 3 aromatic rings. The fourth-order valence-corrected chi connectivity index (χ4v) is 3.17. The summed E-state index contributed by atoms with van der Waals surface area (Å²) in [4.78, 5) is 11.1. The fraction of sp³-hybridized carbons (Fsp3) is 0.312. The van der Waals surface area contributed by atoms with Crippen molar-refractivity contribution in [1.82, 2.24) is 20.2 Å². The Bertz CT molecular complexity index is 783. The maximum absolute atomic E-state index is 5.24.